The highest BCUT2D eigenvalue weighted by atomic mass is 16.3. The lowest BCUT2D eigenvalue weighted by Crippen LogP contribution is -2.49. The maximum Gasteiger partial charge on any atom is 0.254 e. The molecule has 0 bridgehead atoms. The first kappa shape index (κ1) is 16.0. The Bertz CT molecular complexity index is 486. The molecule has 1 aromatic rings. The van der Waals surface area contributed by atoms with Crippen LogP contribution in [0.2, 0.25) is 0 Å². The Balaban J connectivity index is 2.12. The van der Waals surface area contributed by atoms with E-state index in [-0.39, 0.29) is 17.9 Å². The molecule has 1 aliphatic heterocycles. The molecule has 0 atom stereocenters. The molecule has 1 aliphatic rings. The fraction of sp³-hybridized carbons (Fsp3) is 0.588. The van der Waals surface area contributed by atoms with E-state index in [1.165, 1.54) is 0 Å². The van der Waals surface area contributed by atoms with Gasteiger partial charge in [-0.1, -0.05) is 39.0 Å². The molecule has 0 aliphatic carbocycles. The SMILES string of the molecule is CC(C)(C)c1ccccc1C(=O)N1CCN(CCO)CC1. The van der Waals surface area contributed by atoms with Crippen molar-refractivity contribution in [2.75, 3.05) is 39.3 Å². The third-order valence-electron chi connectivity index (χ3n) is 4.04. The highest BCUT2D eigenvalue weighted by Crippen LogP contribution is 2.26. The summed E-state index contributed by atoms with van der Waals surface area (Å²) in [4.78, 5) is 16.9. The van der Waals surface area contributed by atoms with Gasteiger partial charge in [-0.3, -0.25) is 9.69 Å². The highest BCUT2D eigenvalue weighted by Gasteiger charge is 2.26. The van der Waals surface area contributed by atoms with E-state index >= 15 is 0 Å². The quantitative estimate of drug-likeness (QED) is 0.922. The summed E-state index contributed by atoms with van der Waals surface area (Å²) in [5.74, 6) is 0.129. The van der Waals surface area contributed by atoms with Gasteiger partial charge in [-0.05, 0) is 17.0 Å². The molecule has 0 spiro atoms. The second-order valence-corrected chi connectivity index (χ2v) is 6.65. The van der Waals surface area contributed by atoms with Crippen LogP contribution in [0.1, 0.15) is 36.7 Å². The van der Waals surface area contributed by atoms with Gasteiger partial charge < -0.3 is 10.0 Å². The van der Waals surface area contributed by atoms with Crippen molar-refractivity contribution in [2.45, 2.75) is 26.2 Å². The first-order valence-electron chi connectivity index (χ1n) is 7.65. The van der Waals surface area contributed by atoms with Gasteiger partial charge in [-0.15, -0.1) is 0 Å². The number of hydrogen-bond donors (Lipinski definition) is 1. The van der Waals surface area contributed by atoms with Crippen LogP contribution in [0, 0.1) is 0 Å². The first-order chi connectivity index (χ1) is 9.93. The average molecular weight is 290 g/mol. The molecule has 1 heterocycles. The number of aliphatic hydroxyl groups is 1. The van der Waals surface area contributed by atoms with Crippen molar-refractivity contribution in [1.29, 1.82) is 0 Å². The second kappa shape index (κ2) is 6.58. The number of rotatable bonds is 3. The van der Waals surface area contributed by atoms with Crippen molar-refractivity contribution >= 4 is 5.91 Å². The molecule has 116 valence electrons. The molecule has 0 radical (unpaired) electrons. The van der Waals surface area contributed by atoms with E-state index in [9.17, 15) is 4.79 Å². The van der Waals surface area contributed by atoms with Crippen molar-refractivity contribution in [3.05, 3.63) is 35.4 Å². The third kappa shape index (κ3) is 3.83. The molecule has 21 heavy (non-hydrogen) atoms. The average Bonchev–Trinajstić information content (AvgIpc) is 2.47. The zero-order valence-electron chi connectivity index (χ0n) is 13.3. The zero-order valence-corrected chi connectivity index (χ0v) is 13.3. The maximum atomic E-state index is 12.8. The Labute approximate surface area is 127 Å². The summed E-state index contributed by atoms with van der Waals surface area (Å²) in [6.45, 7) is 10.4. The number of nitrogens with zero attached hydrogens (tertiary/aromatic N) is 2. The van der Waals surface area contributed by atoms with Crippen LogP contribution in [0.4, 0.5) is 0 Å². The van der Waals surface area contributed by atoms with E-state index in [2.05, 4.69) is 31.7 Å². The van der Waals surface area contributed by atoms with Crippen LogP contribution in [0.15, 0.2) is 24.3 Å². The minimum atomic E-state index is -0.0367. The lowest BCUT2D eigenvalue weighted by Gasteiger charge is -2.35. The van der Waals surface area contributed by atoms with Gasteiger partial charge >= 0.3 is 0 Å². The smallest absolute Gasteiger partial charge is 0.254 e. The largest absolute Gasteiger partial charge is 0.395 e. The number of hydrogen-bond acceptors (Lipinski definition) is 3. The third-order valence-corrected chi connectivity index (χ3v) is 4.04. The van der Waals surface area contributed by atoms with Gasteiger partial charge in [-0.2, -0.15) is 0 Å². The summed E-state index contributed by atoms with van der Waals surface area (Å²) in [7, 11) is 0. The van der Waals surface area contributed by atoms with Crippen molar-refractivity contribution in [3.8, 4) is 0 Å². The molecule has 1 N–H and O–H groups in total. The standard InChI is InChI=1S/C17H26N2O2/c1-17(2,3)15-7-5-4-6-14(15)16(21)19-10-8-18(9-11-19)12-13-20/h4-7,20H,8-13H2,1-3H3. The topological polar surface area (TPSA) is 43.8 Å². The van der Waals surface area contributed by atoms with E-state index < -0.39 is 0 Å². The molecular weight excluding hydrogens is 264 g/mol. The number of amides is 1. The Morgan fingerprint density at radius 1 is 1.14 bits per heavy atom. The minimum absolute atomic E-state index is 0.0367. The fourth-order valence-corrected chi connectivity index (χ4v) is 2.81. The maximum absolute atomic E-state index is 12.8. The van der Waals surface area contributed by atoms with Gasteiger partial charge in [0.05, 0.1) is 6.61 Å². The summed E-state index contributed by atoms with van der Waals surface area (Å²) in [5, 5.41) is 8.98. The number of piperazine rings is 1. The summed E-state index contributed by atoms with van der Waals surface area (Å²) in [6, 6.07) is 7.92. The predicted octanol–water partition coefficient (Wildman–Crippen LogP) is 1.73. The minimum Gasteiger partial charge on any atom is -0.395 e. The highest BCUT2D eigenvalue weighted by molar-refractivity contribution is 5.96. The summed E-state index contributed by atoms with van der Waals surface area (Å²) in [6.07, 6.45) is 0. The Morgan fingerprint density at radius 3 is 2.33 bits per heavy atom. The monoisotopic (exact) mass is 290 g/mol. The Hall–Kier alpha value is -1.39. The van der Waals surface area contributed by atoms with E-state index in [4.69, 9.17) is 5.11 Å². The number of carbonyl (C=O) groups is 1. The van der Waals surface area contributed by atoms with Crippen molar-refractivity contribution in [3.63, 3.8) is 0 Å². The van der Waals surface area contributed by atoms with Gasteiger partial charge in [0.2, 0.25) is 0 Å². The van der Waals surface area contributed by atoms with Gasteiger partial charge in [0, 0.05) is 38.3 Å². The van der Waals surface area contributed by atoms with Gasteiger partial charge in [0.15, 0.2) is 0 Å². The first-order valence-corrected chi connectivity index (χ1v) is 7.65. The van der Waals surface area contributed by atoms with Crippen LogP contribution in [0.3, 0.4) is 0 Å². The van der Waals surface area contributed by atoms with Crippen LogP contribution in [0.25, 0.3) is 0 Å². The lowest BCUT2D eigenvalue weighted by atomic mass is 9.83. The van der Waals surface area contributed by atoms with E-state index in [0.717, 1.165) is 37.3 Å². The number of benzene rings is 1. The molecular formula is C17H26N2O2. The van der Waals surface area contributed by atoms with Crippen molar-refractivity contribution in [1.82, 2.24) is 9.80 Å². The lowest BCUT2D eigenvalue weighted by molar-refractivity contribution is 0.0612. The van der Waals surface area contributed by atoms with Crippen LogP contribution in [-0.2, 0) is 5.41 Å². The van der Waals surface area contributed by atoms with Gasteiger partial charge in [0.1, 0.15) is 0 Å². The van der Waals surface area contributed by atoms with E-state index in [1.54, 1.807) is 0 Å². The predicted molar refractivity (Wildman–Crippen MR) is 84.6 cm³/mol. The fourth-order valence-electron chi connectivity index (χ4n) is 2.81. The molecule has 1 aromatic carbocycles. The van der Waals surface area contributed by atoms with Crippen LogP contribution in [0.5, 0.6) is 0 Å². The van der Waals surface area contributed by atoms with E-state index in [0.29, 0.717) is 6.54 Å². The molecule has 1 amide bonds. The normalized spacial score (nSPS) is 17.0. The number of carbonyl (C=O) groups excluding carboxylic acids is 1. The molecule has 1 fully saturated rings. The van der Waals surface area contributed by atoms with Crippen molar-refractivity contribution in [2.24, 2.45) is 0 Å². The Morgan fingerprint density at radius 2 is 1.76 bits per heavy atom. The van der Waals surface area contributed by atoms with E-state index in [1.807, 2.05) is 23.1 Å². The van der Waals surface area contributed by atoms with Crippen LogP contribution < -0.4 is 0 Å². The van der Waals surface area contributed by atoms with Gasteiger partial charge in [-0.25, -0.2) is 0 Å². The summed E-state index contributed by atoms with van der Waals surface area (Å²) in [5.41, 5.74) is 1.89. The molecule has 0 aromatic heterocycles. The summed E-state index contributed by atoms with van der Waals surface area (Å²) < 4.78 is 0. The Kier molecular flexibility index (Phi) is 5.01. The van der Waals surface area contributed by atoms with Gasteiger partial charge in [0.25, 0.3) is 5.91 Å². The molecule has 1 saturated heterocycles. The molecule has 0 unspecified atom stereocenters. The number of β-amino-alcohol motifs (C(OH)–C–C–N with tert-alkyl or cyclic N) is 1. The summed E-state index contributed by atoms with van der Waals surface area (Å²) >= 11 is 0. The van der Waals surface area contributed by atoms with Crippen LogP contribution in [-0.4, -0.2) is 60.1 Å². The molecule has 4 heteroatoms. The number of aliphatic hydroxyl groups excluding tert-OH is 1. The molecule has 4 nitrogen and oxygen atoms in total. The zero-order chi connectivity index (χ0) is 15.5. The second-order valence-electron chi connectivity index (χ2n) is 6.65. The molecule has 2 rings (SSSR count). The van der Waals surface area contributed by atoms with Crippen LogP contribution >= 0.6 is 0 Å². The van der Waals surface area contributed by atoms with Crippen molar-refractivity contribution < 1.29 is 9.90 Å². The molecule has 0 saturated carbocycles.